The molecule has 0 radical (unpaired) electrons. The van der Waals surface area contributed by atoms with E-state index in [0.29, 0.717) is 11.4 Å². The fourth-order valence-corrected chi connectivity index (χ4v) is 1.89. The maximum atomic E-state index is 11.4. The number of sulfonamides is 1. The number of alkyl halides is 3. The van der Waals surface area contributed by atoms with E-state index >= 15 is 0 Å². The van der Waals surface area contributed by atoms with Crippen LogP contribution in [0.4, 0.5) is 16.2 Å². The van der Waals surface area contributed by atoms with Crippen molar-refractivity contribution in [1.29, 1.82) is 0 Å². The summed E-state index contributed by atoms with van der Waals surface area (Å²) in [6.45, 7) is -0.412. The van der Waals surface area contributed by atoms with Gasteiger partial charge >= 0.3 is 6.09 Å². The van der Waals surface area contributed by atoms with Gasteiger partial charge in [0, 0.05) is 5.69 Å². The molecule has 0 aliphatic heterocycles. The Morgan fingerprint density at radius 3 is 2.45 bits per heavy atom. The molecule has 0 saturated carbocycles. The summed E-state index contributed by atoms with van der Waals surface area (Å²) in [5, 5.41) is 2.37. The lowest BCUT2D eigenvalue weighted by atomic mass is 10.3. The van der Waals surface area contributed by atoms with Crippen LogP contribution in [0.1, 0.15) is 0 Å². The molecular weight excluding hydrogens is 351 g/mol. The van der Waals surface area contributed by atoms with E-state index in [1.165, 1.54) is 12.1 Å². The lowest BCUT2D eigenvalue weighted by Crippen LogP contribution is -2.21. The summed E-state index contributed by atoms with van der Waals surface area (Å²) in [4.78, 5) is 11.4. The summed E-state index contributed by atoms with van der Waals surface area (Å²) in [5.41, 5.74) is 0.625. The molecule has 0 spiro atoms. The number of rotatable bonds is 4. The number of anilines is 2. The summed E-state index contributed by atoms with van der Waals surface area (Å²) in [6, 6.07) is 6.04. The maximum Gasteiger partial charge on any atom is 0.411 e. The number of amides is 1. The number of nitrogens with one attached hydrogen (secondary N) is 2. The van der Waals surface area contributed by atoms with Crippen LogP contribution in [-0.4, -0.2) is 31.2 Å². The number of carbonyl (C=O) groups is 1. The molecule has 112 valence electrons. The molecule has 0 aromatic heterocycles. The molecule has 0 atom stereocenters. The van der Waals surface area contributed by atoms with Crippen LogP contribution in [-0.2, 0) is 14.8 Å². The van der Waals surface area contributed by atoms with Gasteiger partial charge in [-0.1, -0.05) is 40.9 Å². The maximum absolute atomic E-state index is 11.4. The molecule has 0 aliphatic carbocycles. The summed E-state index contributed by atoms with van der Waals surface area (Å²) < 4.78 is 27.4. The number of hydrogen-bond acceptors (Lipinski definition) is 4. The molecule has 1 amide bonds. The van der Waals surface area contributed by atoms with Gasteiger partial charge in [0.1, 0.15) is 6.61 Å². The van der Waals surface area contributed by atoms with E-state index in [1.807, 2.05) is 0 Å². The van der Waals surface area contributed by atoms with Crippen LogP contribution in [0, 0.1) is 0 Å². The van der Waals surface area contributed by atoms with Crippen LogP contribution >= 0.6 is 34.8 Å². The number of ether oxygens (including phenoxy) is 1. The van der Waals surface area contributed by atoms with Crippen molar-refractivity contribution in [3.05, 3.63) is 24.3 Å². The summed E-state index contributed by atoms with van der Waals surface area (Å²) in [6.07, 6.45) is 0.190. The molecule has 0 aliphatic rings. The first kappa shape index (κ1) is 17.2. The first-order chi connectivity index (χ1) is 9.05. The van der Waals surface area contributed by atoms with E-state index in [0.717, 1.165) is 6.26 Å². The van der Waals surface area contributed by atoms with Crippen molar-refractivity contribution in [2.45, 2.75) is 3.79 Å². The minimum absolute atomic E-state index is 0.298. The third-order valence-corrected chi connectivity index (χ3v) is 2.71. The Morgan fingerprint density at radius 2 is 1.90 bits per heavy atom. The highest BCUT2D eigenvalue weighted by Gasteiger charge is 2.22. The van der Waals surface area contributed by atoms with E-state index in [1.54, 1.807) is 12.1 Å². The van der Waals surface area contributed by atoms with Gasteiger partial charge in [-0.15, -0.1) is 0 Å². The average Bonchev–Trinajstić information content (AvgIpc) is 2.23. The number of hydrogen-bond donors (Lipinski definition) is 2. The molecule has 0 heterocycles. The predicted molar refractivity (Wildman–Crippen MR) is 80.2 cm³/mol. The molecule has 1 aromatic rings. The molecule has 10 heteroatoms. The second-order valence-electron chi connectivity index (χ2n) is 3.77. The Kier molecular flexibility index (Phi) is 5.76. The van der Waals surface area contributed by atoms with Gasteiger partial charge in [0.25, 0.3) is 0 Å². The van der Waals surface area contributed by atoms with E-state index in [-0.39, 0.29) is 0 Å². The van der Waals surface area contributed by atoms with Gasteiger partial charge in [-0.3, -0.25) is 10.0 Å². The van der Waals surface area contributed by atoms with Crippen LogP contribution in [0.2, 0.25) is 0 Å². The minimum atomic E-state index is -3.40. The van der Waals surface area contributed by atoms with Gasteiger partial charge in [-0.05, 0) is 18.2 Å². The van der Waals surface area contributed by atoms with Crippen molar-refractivity contribution in [2.24, 2.45) is 0 Å². The molecule has 1 aromatic carbocycles. The number of carbonyl (C=O) groups excluding carboxylic acids is 1. The van der Waals surface area contributed by atoms with Gasteiger partial charge in [-0.2, -0.15) is 0 Å². The molecule has 0 bridgehead atoms. The largest absolute Gasteiger partial charge is 0.445 e. The fraction of sp³-hybridized carbons (Fsp3) is 0.300. The lowest BCUT2D eigenvalue weighted by Gasteiger charge is -2.12. The standard InChI is InChI=1S/C10H11Cl3N2O4S/c1-20(17,18)15-8-4-2-3-7(5-8)14-9(16)19-6-10(11,12)13/h2-5,15H,6H2,1H3,(H,14,16). The predicted octanol–water partition coefficient (Wildman–Crippen LogP) is 2.98. The van der Waals surface area contributed by atoms with Crippen molar-refractivity contribution in [2.75, 3.05) is 22.9 Å². The molecule has 2 N–H and O–H groups in total. The Labute approximate surface area is 131 Å². The molecule has 20 heavy (non-hydrogen) atoms. The quantitative estimate of drug-likeness (QED) is 0.807. The van der Waals surface area contributed by atoms with Gasteiger partial charge < -0.3 is 4.74 Å². The van der Waals surface area contributed by atoms with E-state index in [9.17, 15) is 13.2 Å². The van der Waals surface area contributed by atoms with E-state index in [4.69, 9.17) is 34.8 Å². The highest BCUT2D eigenvalue weighted by atomic mass is 35.6. The second-order valence-corrected chi connectivity index (χ2v) is 8.04. The molecule has 0 unspecified atom stereocenters. The Hall–Kier alpha value is -0.890. The monoisotopic (exact) mass is 360 g/mol. The van der Waals surface area contributed by atoms with Crippen molar-refractivity contribution >= 4 is 62.3 Å². The molecule has 0 saturated heterocycles. The normalized spacial score (nSPS) is 11.8. The number of halogens is 3. The van der Waals surface area contributed by atoms with Crippen LogP contribution < -0.4 is 10.0 Å². The second kappa shape index (κ2) is 6.71. The van der Waals surface area contributed by atoms with Gasteiger partial charge in [0.2, 0.25) is 13.8 Å². The Balaban J connectivity index is 2.64. The molecule has 6 nitrogen and oxygen atoms in total. The summed E-state index contributed by atoms with van der Waals surface area (Å²) >= 11 is 16.3. The molecule has 0 fully saturated rings. The SMILES string of the molecule is CS(=O)(=O)Nc1cccc(NC(=O)OCC(Cl)(Cl)Cl)c1. The van der Waals surface area contributed by atoms with Crippen LogP contribution in [0.15, 0.2) is 24.3 Å². The van der Waals surface area contributed by atoms with Crippen LogP contribution in [0.5, 0.6) is 0 Å². The average molecular weight is 362 g/mol. The van der Waals surface area contributed by atoms with Crippen molar-refractivity contribution in [3.8, 4) is 0 Å². The van der Waals surface area contributed by atoms with Crippen LogP contribution in [0.25, 0.3) is 0 Å². The molecular formula is C10H11Cl3N2O4S. The third-order valence-electron chi connectivity index (χ3n) is 1.78. The molecule has 1 rings (SSSR count). The van der Waals surface area contributed by atoms with Crippen molar-refractivity contribution < 1.29 is 17.9 Å². The third kappa shape index (κ3) is 7.64. The zero-order valence-corrected chi connectivity index (χ0v) is 13.3. The van der Waals surface area contributed by atoms with Crippen molar-refractivity contribution in [3.63, 3.8) is 0 Å². The van der Waals surface area contributed by atoms with Crippen LogP contribution in [0.3, 0.4) is 0 Å². The summed E-state index contributed by atoms with van der Waals surface area (Å²) in [7, 11) is -3.40. The zero-order valence-electron chi connectivity index (χ0n) is 10.2. The van der Waals surface area contributed by atoms with Gasteiger partial charge in [0.15, 0.2) is 0 Å². The van der Waals surface area contributed by atoms with Gasteiger partial charge in [-0.25, -0.2) is 13.2 Å². The summed E-state index contributed by atoms with van der Waals surface area (Å²) in [5.74, 6) is 0. The Morgan fingerprint density at radius 1 is 1.30 bits per heavy atom. The highest BCUT2D eigenvalue weighted by Crippen LogP contribution is 2.26. The first-order valence-electron chi connectivity index (χ1n) is 5.13. The Bertz CT molecular complexity index is 586. The topological polar surface area (TPSA) is 84.5 Å². The van der Waals surface area contributed by atoms with E-state index in [2.05, 4.69) is 14.8 Å². The van der Waals surface area contributed by atoms with E-state index < -0.39 is 26.5 Å². The van der Waals surface area contributed by atoms with Crippen molar-refractivity contribution in [1.82, 2.24) is 0 Å². The fourth-order valence-electron chi connectivity index (χ4n) is 1.18. The van der Waals surface area contributed by atoms with Gasteiger partial charge in [0.05, 0.1) is 11.9 Å². The minimum Gasteiger partial charge on any atom is -0.445 e. The first-order valence-corrected chi connectivity index (χ1v) is 8.16. The smallest absolute Gasteiger partial charge is 0.411 e. The zero-order chi connectivity index (χ0) is 15.4. The number of benzene rings is 1. The highest BCUT2D eigenvalue weighted by molar-refractivity contribution is 7.92. The lowest BCUT2D eigenvalue weighted by molar-refractivity contribution is 0.164.